The van der Waals surface area contributed by atoms with Crippen molar-refractivity contribution >= 4 is 0 Å². The van der Waals surface area contributed by atoms with Gasteiger partial charge in [-0.05, 0) is 57.7 Å². The maximum atomic E-state index is 9.65. The summed E-state index contributed by atoms with van der Waals surface area (Å²) in [6.45, 7) is 8.43. The van der Waals surface area contributed by atoms with Gasteiger partial charge in [0, 0.05) is 12.5 Å². The number of hydrogen-bond acceptors (Lipinski definition) is 3. The summed E-state index contributed by atoms with van der Waals surface area (Å²) in [4.78, 5) is 0. The van der Waals surface area contributed by atoms with Gasteiger partial charge in [0.1, 0.15) is 11.5 Å². The Balaban J connectivity index is 2.03. The summed E-state index contributed by atoms with van der Waals surface area (Å²) in [5.74, 6) is 0.991. The third-order valence-corrected chi connectivity index (χ3v) is 4.25. The number of ether oxygens (including phenoxy) is 2. The maximum Gasteiger partial charge on any atom is 0.126 e. The first kappa shape index (κ1) is 15.9. The largest absolute Gasteiger partial charge is 0.508 e. The molecule has 21 heavy (non-hydrogen) atoms. The summed E-state index contributed by atoms with van der Waals surface area (Å²) in [5, 5.41) is 9.65. The van der Waals surface area contributed by atoms with Crippen LogP contribution in [0, 0.1) is 6.92 Å². The van der Waals surface area contributed by atoms with E-state index < -0.39 is 0 Å². The number of methoxy groups -OCH3 is 1. The third-order valence-electron chi connectivity index (χ3n) is 4.25. The topological polar surface area (TPSA) is 42.0 Å². The molecule has 1 aromatic carbocycles. The van der Waals surface area contributed by atoms with Crippen LogP contribution in [0.3, 0.4) is 0 Å². The summed E-state index contributed by atoms with van der Waals surface area (Å²) in [6, 6.07) is 3.45. The van der Waals surface area contributed by atoms with E-state index in [1.807, 2.05) is 6.92 Å². The zero-order valence-corrected chi connectivity index (χ0v) is 13.7. The Bertz CT molecular complexity index is 544. The Kier molecular flexibility index (Phi) is 4.62. The number of epoxide rings is 1. The van der Waals surface area contributed by atoms with Crippen molar-refractivity contribution in [2.45, 2.75) is 58.7 Å². The van der Waals surface area contributed by atoms with Crippen LogP contribution in [0.25, 0.3) is 0 Å². The van der Waals surface area contributed by atoms with Gasteiger partial charge in [-0.25, -0.2) is 0 Å². The molecule has 0 spiro atoms. The van der Waals surface area contributed by atoms with Gasteiger partial charge in [0.25, 0.3) is 0 Å². The van der Waals surface area contributed by atoms with Crippen LogP contribution >= 0.6 is 0 Å². The van der Waals surface area contributed by atoms with E-state index in [-0.39, 0.29) is 17.5 Å². The number of allylic oxidation sites excluding steroid dienone is 2. The fraction of sp³-hybridized carbons (Fsp3) is 0.556. The first-order valence-corrected chi connectivity index (χ1v) is 7.53. The molecule has 1 N–H and O–H groups in total. The van der Waals surface area contributed by atoms with Gasteiger partial charge in [-0.15, -0.1) is 0 Å². The maximum absolute atomic E-state index is 9.65. The lowest BCUT2D eigenvalue weighted by atomic mass is 9.94. The van der Waals surface area contributed by atoms with Gasteiger partial charge in [-0.2, -0.15) is 0 Å². The van der Waals surface area contributed by atoms with Crippen molar-refractivity contribution in [3.8, 4) is 11.5 Å². The van der Waals surface area contributed by atoms with Gasteiger partial charge in [-0.1, -0.05) is 11.6 Å². The molecule has 0 radical (unpaired) electrons. The first-order chi connectivity index (χ1) is 9.85. The number of phenolic OH excluding ortho intramolecular Hbond substituents is 1. The highest BCUT2D eigenvalue weighted by Gasteiger charge is 2.51. The van der Waals surface area contributed by atoms with Gasteiger partial charge in [-0.3, -0.25) is 0 Å². The molecule has 3 nitrogen and oxygen atoms in total. The van der Waals surface area contributed by atoms with Crippen LogP contribution in [-0.2, 0) is 11.2 Å². The fourth-order valence-corrected chi connectivity index (χ4v) is 2.81. The molecule has 0 aromatic heterocycles. The number of phenols is 1. The Labute approximate surface area is 127 Å². The molecule has 0 amide bonds. The molecule has 1 saturated heterocycles. The van der Waals surface area contributed by atoms with E-state index >= 15 is 0 Å². The van der Waals surface area contributed by atoms with Crippen LogP contribution in [0.1, 0.15) is 44.7 Å². The van der Waals surface area contributed by atoms with E-state index in [4.69, 9.17) is 9.47 Å². The highest BCUT2D eigenvalue weighted by Crippen LogP contribution is 2.44. The molecule has 3 heteroatoms. The van der Waals surface area contributed by atoms with Crippen LogP contribution in [0.4, 0.5) is 0 Å². The highest BCUT2D eigenvalue weighted by molar-refractivity contribution is 5.46. The summed E-state index contributed by atoms with van der Waals surface area (Å²) >= 11 is 0. The second kappa shape index (κ2) is 6.10. The van der Waals surface area contributed by atoms with Crippen LogP contribution in [0.15, 0.2) is 23.8 Å². The molecule has 1 aliphatic heterocycles. The van der Waals surface area contributed by atoms with Crippen LogP contribution in [0.2, 0.25) is 0 Å². The third kappa shape index (κ3) is 3.79. The summed E-state index contributed by atoms with van der Waals surface area (Å²) in [6.07, 6.45) is 5.43. The molecule has 0 aliphatic carbocycles. The molecule has 2 rings (SSSR count). The number of aromatic hydroxyl groups is 1. The van der Waals surface area contributed by atoms with Crippen LogP contribution < -0.4 is 4.74 Å². The Morgan fingerprint density at radius 3 is 2.76 bits per heavy atom. The number of hydrogen-bond donors (Lipinski definition) is 1. The zero-order chi connectivity index (χ0) is 15.6. The summed E-state index contributed by atoms with van der Waals surface area (Å²) < 4.78 is 11.3. The minimum absolute atomic E-state index is 0.0265. The second-order valence-electron chi connectivity index (χ2n) is 6.39. The van der Waals surface area contributed by atoms with Crippen molar-refractivity contribution in [3.05, 3.63) is 34.9 Å². The normalized spacial score (nSPS) is 23.8. The first-order valence-electron chi connectivity index (χ1n) is 7.53. The lowest BCUT2D eigenvalue weighted by Gasteiger charge is -2.12. The lowest BCUT2D eigenvalue weighted by molar-refractivity contribution is 0.296. The molecule has 1 heterocycles. The predicted octanol–water partition coefficient (Wildman–Crippen LogP) is 4.16. The van der Waals surface area contributed by atoms with E-state index in [2.05, 4.69) is 26.8 Å². The zero-order valence-electron chi connectivity index (χ0n) is 13.7. The number of aryl methyl sites for hydroxylation is 1. The van der Waals surface area contributed by atoms with Crippen molar-refractivity contribution < 1.29 is 14.6 Å². The van der Waals surface area contributed by atoms with Crippen LogP contribution in [0.5, 0.6) is 11.5 Å². The minimum Gasteiger partial charge on any atom is -0.508 e. The van der Waals surface area contributed by atoms with Crippen molar-refractivity contribution in [1.82, 2.24) is 0 Å². The molecule has 116 valence electrons. The van der Waals surface area contributed by atoms with Crippen molar-refractivity contribution in [3.63, 3.8) is 0 Å². The quantitative estimate of drug-likeness (QED) is 0.632. The Morgan fingerprint density at radius 2 is 2.14 bits per heavy atom. The van der Waals surface area contributed by atoms with Crippen molar-refractivity contribution in [2.24, 2.45) is 0 Å². The number of benzene rings is 1. The molecule has 2 atom stereocenters. The molecule has 1 fully saturated rings. The standard InChI is InChI=1S/C18H26O3/c1-12(2)7-6-8-18(4)17(21-18)11-15-13(3)9-14(19)10-16(15)20-5/h7,9-10,17,19H,6,8,11H2,1-5H3/t17-,18?/m0/s1. The smallest absolute Gasteiger partial charge is 0.126 e. The molecule has 0 saturated carbocycles. The summed E-state index contributed by atoms with van der Waals surface area (Å²) in [5.41, 5.74) is 3.51. The van der Waals surface area contributed by atoms with E-state index in [1.165, 1.54) is 5.57 Å². The number of rotatable bonds is 6. The molecular formula is C18H26O3. The SMILES string of the molecule is COc1cc(O)cc(C)c1C[C@@H]1OC1(C)CCC=C(C)C. The van der Waals surface area contributed by atoms with E-state index in [9.17, 15) is 5.11 Å². The van der Waals surface area contributed by atoms with Crippen LogP contribution in [-0.4, -0.2) is 23.9 Å². The average Bonchev–Trinajstić information content (AvgIpc) is 3.02. The van der Waals surface area contributed by atoms with Gasteiger partial charge in [0.05, 0.1) is 18.8 Å². The van der Waals surface area contributed by atoms with E-state index in [0.717, 1.165) is 36.1 Å². The van der Waals surface area contributed by atoms with Gasteiger partial charge >= 0.3 is 0 Å². The highest BCUT2D eigenvalue weighted by atomic mass is 16.6. The summed E-state index contributed by atoms with van der Waals surface area (Å²) in [7, 11) is 1.64. The molecular weight excluding hydrogens is 264 g/mol. The van der Waals surface area contributed by atoms with Gasteiger partial charge < -0.3 is 14.6 Å². The molecule has 1 unspecified atom stereocenters. The predicted molar refractivity (Wildman–Crippen MR) is 85.0 cm³/mol. The molecule has 0 bridgehead atoms. The Hall–Kier alpha value is -1.48. The van der Waals surface area contributed by atoms with E-state index in [0.29, 0.717) is 0 Å². The van der Waals surface area contributed by atoms with Crippen molar-refractivity contribution in [2.75, 3.05) is 7.11 Å². The van der Waals surface area contributed by atoms with E-state index in [1.54, 1.807) is 19.2 Å². The van der Waals surface area contributed by atoms with Crippen molar-refractivity contribution in [1.29, 1.82) is 0 Å². The molecule has 1 aliphatic rings. The second-order valence-corrected chi connectivity index (χ2v) is 6.39. The average molecular weight is 290 g/mol. The Morgan fingerprint density at radius 1 is 1.43 bits per heavy atom. The fourth-order valence-electron chi connectivity index (χ4n) is 2.81. The van der Waals surface area contributed by atoms with Gasteiger partial charge in [0.2, 0.25) is 0 Å². The lowest BCUT2D eigenvalue weighted by Crippen LogP contribution is -2.12. The molecule has 1 aromatic rings. The minimum atomic E-state index is -0.0265. The van der Waals surface area contributed by atoms with Gasteiger partial charge in [0.15, 0.2) is 0 Å². The monoisotopic (exact) mass is 290 g/mol.